The highest BCUT2D eigenvalue weighted by molar-refractivity contribution is 7.09. The van der Waals surface area contributed by atoms with Crippen LogP contribution < -0.4 is 5.32 Å². The normalized spacial score (nSPS) is 14.7. The second-order valence-corrected chi connectivity index (χ2v) is 10.2. The van der Waals surface area contributed by atoms with Crippen LogP contribution in [0.4, 0.5) is 17.6 Å². The maximum absolute atomic E-state index is 14.4. The third kappa shape index (κ3) is 8.08. The molecule has 1 aliphatic rings. The van der Waals surface area contributed by atoms with Crippen molar-refractivity contribution in [2.24, 2.45) is 0 Å². The number of rotatable bonds is 10. The SMILES string of the molecule is O=C(NCCN1CCCCC1)c1csc(CN(Cc2cccc(C(F)(F)F)c2)Cc2ccccc2F)n1. The molecule has 1 saturated heterocycles. The molecule has 2 heterocycles. The lowest BCUT2D eigenvalue weighted by Gasteiger charge is -2.26. The molecule has 0 spiro atoms. The first-order chi connectivity index (χ1) is 17.8. The van der Waals surface area contributed by atoms with E-state index < -0.39 is 11.7 Å². The van der Waals surface area contributed by atoms with E-state index >= 15 is 0 Å². The summed E-state index contributed by atoms with van der Waals surface area (Å²) >= 11 is 1.30. The Morgan fingerprint density at radius 1 is 1.03 bits per heavy atom. The minimum atomic E-state index is -4.45. The van der Waals surface area contributed by atoms with E-state index in [-0.39, 0.29) is 31.4 Å². The summed E-state index contributed by atoms with van der Waals surface area (Å²) in [7, 11) is 0. The first-order valence-electron chi connectivity index (χ1n) is 12.3. The van der Waals surface area contributed by atoms with E-state index in [1.807, 2.05) is 4.90 Å². The maximum Gasteiger partial charge on any atom is 0.416 e. The van der Waals surface area contributed by atoms with Gasteiger partial charge in [0.15, 0.2) is 0 Å². The van der Waals surface area contributed by atoms with Crippen LogP contribution in [0.2, 0.25) is 0 Å². The van der Waals surface area contributed by atoms with Crippen LogP contribution in [0, 0.1) is 5.82 Å². The fraction of sp³-hybridized carbons (Fsp3) is 0.407. The van der Waals surface area contributed by atoms with Crippen molar-refractivity contribution in [2.45, 2.75) is 45.1 Å². The Balaban J connectivity index is 1.42. The summed E-state index contributed by atoms with van der Waals surface area (Å²) in [5, 5.41) is 5.22. The van der Waals surface area contributed by atoms with Crippen LogP contribution in [-0.2, 0) is 25.8 Å². The lowest BCUT2D eigenvalue weighted by atomic mass is 10.1. The van der Waals surface area contributed by atoms with Gasteiger partial charge in [0, 0.05) is 37.1 Å². The molecule has 10 heteroatoms. The Morgan fingerprint density at radius 2 is 1.81 bits per heavy atom. The van der Waals surface area contributed by atoms with Crippen LogP contribution in [-0.4, -0.2) is 46.9 Å². The molecule has 0 saturated carbocycles. The van der Waals surface area contributed by atoms with E-state index in [0.29, 0.717) is 28.4 Å². The zero-order valence-corrected chi connectivity index (χ0v) is 21.3. The van der Waals surface area contributed by atoms with Gasteiger partial charge in [0.25, 0.3) is 5.91 Å². The van der Waals surface area contributed by atoms with Crippen LogP contribution in [0.25, 0.3) is 0 Å². The zero-order chi connectivity index (χ0) is 26.3. The first-order valence-corrected chi connectivity index (χ1v) is 13.2. The van der Waals surface area contributed by atoms with Gasteiger partial charge in [0.2, 0.25) is 0 Å². The van der Waals surface area contributed by atoms with E-state index in [9.17, 15) is 22.4 Å². The molecule has 3 aromatic rings. The van der Waals surface area contributed by atoms with Crippen molar-refractivity contribution in [1.29, 1.82) is 0 Å². The number of aromatic nitrogens is 1. The fourth-order valence-electron chi connectivity index (χ4n) is 4.42. The molecule has 2 aromatic carbocycles. The molecule has 1 aliphatic heterocycles. The predicted octanol–water partition coefficient (Wildman–Crippen LogP) is 5.72. The van der Waals surface area contributed by atoms with Gasteiger partial charge in [0.1, 0.15) is 16.5 Å². The smallest absolute Gasteiger partial charge is 0.349 e. The van der Waals surface area contributed by atoms with E-state index in [2.05, 4.69) is 15.2 Å². The van der Waals surface area contributed by atoms with Gasteiger partial charge in [-0.2, -0.15) is 13.2 Å². The van der Waals surface area contributed by atoms with Crippen LogP contribution in [0.5, 0.6) is 0 Å². The van der Waals surface area contributed by atoms with Gasteiger partial charge >= 0.3 is 6.18 Å². The van der Waals surface area contributed by atoms with Gasteiger partial charge in [-0.1, -0.05) is 42.8 Å². The molecule has 0 unspecified atom stereocenters. The number of nitrogens with one attached hydrogen (secondary N) is 1. The molecule has 37 heavy (non-hydrogen) atoms. The van der Waals surface area contributed by atoms with E-state index in [1.54, 1.807) is 29.6 Å². The number of piperidine rings is 1. The van der Waals surface area contributed by atoms with E-state index in [0.717, 1.165) is 31.8 Å². The minimum absolute atomic E-state index is 0.162. The van der Waals surface area contributed by atoms with Gasteiger partial charge < -0.3 is 10.2 Å². The number of alkyl halides is 3. The van der Waals surface area contributed by atoms with Crippen molar-refractivity contribution >= 4 is 17.2 Å². The Hall–Kier alpha value is -2.82. The summed E-state index contributed by atoms with van der Waals surface area (Å²) in [6.07, 6.45) is -0.815. The van der Waals surface area contributed by atoms with Gasteiger partial charge in [-0.05, 0) is 43.6 Å². The maximum atomic E-state index is 14.4. The Bertz CT molecular complexity index is 1180. The topological polar surface area (TPSA) is 48.5 Å². The van der Waals surface area contributed by atoms with Crippen LogP contribution in [0.1, 0.15) is 51.4 Å². The number of benzene rings is 2. The van der Waals surface area contributed by atoms with Crippen molar-refractivity contribution in [2.75, 3.05) is 26.2 Å². The van der Waals surface area contributed by atoms with E-state index in [4.69, 9.17) is 0 Å². The second-order valence-electron chi connectivity index (χ2n) is 9.22. The third-order valence-electron chi connectivity index (χ3n) is 6.32. The van der Waals surface area contributed by atoms with Crippen molar-refractivity contribution < 1.29 is 22.4 Å². The number of thiazole rings is 1. The molecule has 0 bridgehead atoms. The fourth-order valence-corrected chi connectivity index (χ4v) is 5.24. The van der Waals surface area contributed by atoms with Crippen LogP contribution in [0.3, 0.4) is 0 Å². The molecule has 0 radical (unpaired) electrons. The number of hydrogen-bond donors (Lipinski definition) is 1. The largest absolute Gasteiger partial charge is 0.416 e. The van der Waals surface area contributed by atoms with Gasteiger partial charge in [0.05, 0.1) is 12.1 Å². The highest BCUT2D eigenvalue weighted by Crippen LogP contribution is 2.30. The number of nitrogens with zero attached hydrogens (tertiary/aromatic N) is 3. The first kappa shape index (κ1) is 27.2. The summed E-state index contributed by atoms with van der Waals surface area (Å²) in [6.45, 7) is 4.06. The quantitative estimate of drug-likeness (QED) is 0.338. The van der Waals surface area contributed by atoms with Crippen molar-refractivity contribution in [1.82, 2.24) is 20.1 Å². The summed E-state index contributed by atoms with van der Waals surface area (Å²) in [5.41, 5.74) is 0.470. The highest BCUT2D eigenvalue weighted by atomic mass is 32.1. The average Bonchev–Trinajstić information content (AvgIpc) is 3.34. The molecule has 0 atom stereocenters. The van der Waals surface area contributed by atoms with Crippen LogP contribution in [0.15, 0.2) is 53.9 Å². The minimum Gasteiger partial charge on any atom is -0.349 e. The molecular formula is C27H30F4N4OS. The second kappa shape index (κ2) is 12.6. The Kier molecular flexibility index (Phi) is 9.28. The van der Waals surface area contributed by atoms with Gasteiger partial charge in [-0.25, -0.2) is 9.37 Å². The molecule has 1 N–H and O–H groups in total. The molecule has 1 amide bonds. The number of carbonyl (C=O) groups excluding carboxylic acids is 1. The van der Waals surface area contributed by atoms with Gasteiger partial charge in [-0.15, -0.1) is 11.3 Å². The van der Waals surface area contributed by atoms with Gasteiger partial charge in [-0.3, -0.25) is 9.69 Å². The average molecular weight is 535 g/mol. The van der Waals surface area contributed by atoms with Crippen LogP contribution >= 0.6 is 11.3 Å². The van der Waals surface area contributed by atoms with Crippen molar-refractivity contribution in [3.05, 3.63) is 87.1 Å². The molecular weight excluding hydrogens is 504 g/mol. The standard InChI is InChI=1S/C27H30F4N4OS/c28-23-10-3-2-8-21(23)17-35(16-20-7-6-9-22(15-20)27(29,30)31)18-25-33-24(19-37-25)26(36)32-11-14-34-12-4-1-5-13-34/h2-3,6-10,15,19H,1,4-5,11-14,16-18H2,(H,32,36). The molecule has 1 fully saturated rings. The number of carbonyl (C=O) groups is 1. The lowest BCUT2D eigenvalue weighted by molar-refractivity contribution is -0.137. The number of halogens is 4. The summed E-state index contributed by atoms with van der Waals surface area (Å²) < 4.78 is 54.0. The number of likely N-dealkylation sites (tertiary alicyclic amines) is 1. The molecule has 1 aromatic heterocycles. The summed E-state index contributed by atoms with van der Waals surface area (Å²) in [4.78, 5) is 21.2. The summed E-state index contributed by atoms with van der Waals surface area (Å²) in [5.74, 6) is -0.637. The molecule has 5 nitrogen and oxygen atoms in total. The molecule has 198 valence electrons. The zero-order valence-electron chi connectivity index (χ0n) is 20.4. The Morgan fingerprint density at radius 3 is 2.57 bits per heavy atom. The number of amides is 1. The van der Waals surface area contributed by atoms with Crippen molar-refractivity contribution in [3.8, 4) is 0 Å². The number of hydrogen-bond acceptors (Lipinski definition) is 5. The molecule has 0 aliphatic carbocycles. The summed E-state index contributed by atoms with van der Waals surface area (Å²) in [6, 6.07) is 11.4. The lowest BCUT2D eigenvalue weighted by Crippen LogP contribution is -2.37. The highest BCUT2D eigenvalue weighted by Gasteiger charge is 2.30. The third-order valence-corrected chi connectivity index (χ3v) is 7.15. The Labute approximate surface area is 218 Å². The predicted molar refractivity (Wildman–Crippen MR) is 136 cm³/mol. The monoisotopic (exact) mass is 534 g/mol. The van der Waals surface area contributed by atoms with E-state index in [1.165, 1.54) is 42.7 Å². The van der Waals surface area contributed by atoms with Crippen molar-refractivity contribution in [3.63, 3.8) is 0 Å². The molecule has 4 rings (SSSR count).